The fraction of sp³-hybridized carbons (Fsp3) is 0.167. The van der Waals surface area contributed by atoms with Gasteiger partial charge in [0, 0.05) is 12.1 Å². The van der Waals surface area contributed by atoms with Crippen molar-refractivity contribution in [3.05, 3.63) is 117 Å². The van der Waals surface area contributed by atoms with Crippen LogP contribution in [0.2, 0.25) is 0 Å². The van der Waals surface area contributed by atoms with Gasteiger partial charge in [-0.2, -0.15) is 0 Å². The molecule has 7 nitrogen and oxygen atoms in total. The van der Waals surface area contributed by atoms with Crippen molar-refractivity contribution >= 4 is 18.0 Å². The molecule has 1 fully saturated rings. The Morgan fingerprint density at radius 3 is 2.27 bits per heavy atom. The molecule has 3 amide bonds. The Kier molecular flexibility index (Phi) is 6.60. The third kappa shape index (κ3) is 4.76. The first kappa shape index (κ1) is 24.1. The summed E-state index contributed by atoms with van der Waals surface area (Å²) >= 11 is 0. The lowest BCUT2D eigenvalue weighted by Crippen LogP contribution is -2.32. The highest BCUT2D eigenvalue weighted by atomic mass is 16.2. The number of aromatic nitrogens is 2. The molecule has 0 aliphatic carbocycles. The molecule has 0 bridgehead atoms. The van der Waals surface area contributed by atoms with Gasteiger partial charge in [0.15, 0.2) is 0 Å². The predicted octanol–water partition coefficient (Wildman–Crippen LogP) is 4.97. The summed E-state index contributed by atoms with van der Waals surface area (Å²) in [7, 11) is 0. The molecule has 5 rings (SSSR count). The molecule has 0 radical (unpaired) electrons. The maximum absolute atomic E-state index is 13.7. The average Bonchev–Trinajstić information content (AvgIpc) is 3.37. The average molecular weight is 493 g/mol. The van der Waals surface area contributed by atoms with Gasteiger partial charge in [-0.15, -0.1) is 0 Å². The van der Waals surface area contributed by atoms with Crippen LogP contribution in [0, 0.1) is 13.8 Å². The van der Waals surface area contributed by atoms with Crippen LogP contribution in [0.25, 0.3) is 23.0 Å². The van der Waals surface area contributed by atoms with Crippen molar-refractivity contribution in [2.45, 2.75) is 26.7 Å². The minimum absolute atomic E-state index is 0.0890. The summed E-state index contributed by atoms with van der Waals surface area (Å²) in [5, 5.41) is 5.90. The van der Waals surface area contributed by atoms with Crippen LogP contribution in [0.1, 0.15) is 28.7 Å². The molecule has 3 aromatic carbocycles. The van der Waals surface area contributed by atoms with Crippen molar-refractivity contribution in [3.8, 4) is 16.9 Å². The van der Waals surface area contributed by atoms with E-state index < -0.39 is 11.9 Å². The Morgan fingerprint density at radius 1 is 0.838 bits per heavy atom. The third-order valence-corrected chi connectivity index (χ3v) is 6.75. The number of hydrogen-bond acceptors (Lipinski definition) is 3. The predicted molar refractivity (Wildman–Crippen MR) is 144 cm³/mol. The Hall–Kier alpha value is -4.65. The highest BCUT2D eigenvalue weighted by Crippen LogP contribution is 2.25. The van der Waals surface area contributed by atoms with E-state index in [1.165, 1.54) is 15.7 Å². The molecule has 0 saturated carbocycles. The number of benzene rings is 3. The summed E-state index contributed by atoms with van der Waals surface area (Å²) in [6, 6.07) is 24.7. The van der Waals surface area contributed by atoms with Crippen molar-refractivity contribution in [3.63, 3.8) is 0 Å². The lowest BCUT2D eigenvalue weighted by atomic mass is 10.1. The number of nitrogens with zero attached hydrogens (tertiary/aromatic N) is 2. The Labute approximate surface area is 215 Å². The first-order valence-corrected chi connectivity index (χ1v) is 12.3. The van der Waals surface area contributed by atoms with Gasteiger partial charge in [0.1, 0.15) is 5.70 Å². The molecule has 7 heteroatoms. The second kappa shape index (κ2) is 10.1. The van der Waals surface area contributed by atoms with Crippen molar-refractivity contribution in [1.82, 2.24) is 20.0 Å². The van der Waals surface area contributed by atoms with Crippen LogP contribution in [-0.4, -0.2) is 33.2 Å². The van der Waals surface area contributed by atoms with Gasteiger partial charge in [-0.05, 0) is 55.5 Å². The number of amides is 3. The van der Waals surface area contributed by atoms with Gasteiger partial charge in [-0.1, -0.05) is 72.8 Å². The van der Waals surface area contributed by atoms with Gasteiger partial charge in [0.2, 0.25) is 0 Å². The van der Waals surface area contributed by atoms with E-state index in [4.69, 9.17) is 0 Å². The number of carbonyl (C=O) groups is 2. The maximum Gasteiger partial charge on any atom is 0.329 e. The highest BCUT2D eigenvalue weighted by molar-refractivity contribution is 6.14. The van der Waals surface area contributed by atoms with E-state index in [-0.39, 0.29) is 11.3 Å². The van der Waals surface area contributed by atoms with Crippen molar-refractivity contribution in [1.29, 1.82) is 0 Å². The number of carbonyl (C=O) groups excluding carboxylic acids is 2. The molecule has 2 N–H and O–H groups in total. The smallest absolute Gasteiger partial charge is 0.303 e. The minimum atomic E-state index is -0.476. The molecule has 0 unspecified atom stereocenters. The molecule has 186 valence electrons. The number of nitrogens with one attached hydrogen (secondary N) is 2. The van der Waals surface area contributed by atoms with Crippen LogP contribution in [0.4, 0.5) is 4.79 Å². The Balaban J connectivity index is 1.49. The van der Waals surface area contributed by atoms with E-state index in [1.807, 2.05) is 92.7 Å². The lowest BCUT2D eigenvalue weighted by molar-refractivity contribution is -0.122. The minimum Gasteiger partial charge on any atom is -0.303 e. The standard InChI is InChI=1S/C30H28N4O3/c1-20-11-9-17-26(21(20)2)34-28(35)24(27(32-34)23-15-7-4-8-16-23)19-25-29(36)33(30(37)31-25)18-10-14-22-12-5-3-6-13-22/h3-9,11-13,15-17,19,32H,10,14,18H2,1-2H3,(H,31,37)/b25-19-. The van der Waals surface area contributed by atoms with Crippen molar-refractivity contribution < 1.29 is 9.59 Å². The zero-order valence-corrected chi connectivity index (χ0v) is 20.8. The SMILES string of the molecule is Cc1cccc(-n2[nH]c(-c3ccccc3)c(/C=C3\NC(=O)N(CCCc4ccccc4)C3=O)c2=O)c1C. The first-order chi connectivity index (χ1) is 17.9. The molecular formula is C30H28N4O3. The fourth-order valence-corrected chi connectivity index (χ4v) is 4.56. The number of aromatic amines is 1. The molecule has 37 heavy (non-hydrogen) atoms. The maximum atomic E-state index is 13.7. The monoisotopic (exact) mass is 492 g/mol. The van der Waals surface area contributed by atoms with E-state index in [9.17, 15) is 14.4 Å². The topological polar surface area (TPSA) is 87.2 Å². The van der Waals surface area contributed by atoms with Gasteiger partial charge in [-0.3, -0.25) is 19.6 Å². The van der Waals surface area contributed by atoms with E-state index in [1.54, 1.807) is 0 Å². The van der Waals surface area contributed by atoms with Crippen LogP contribution in [-0.2, 0) is 11.2 Å². The summed E-state index contributed by atoms with van der Waals surface area (Å²) < 4.78 is 1.50. The largest absolute Gasteiger partial charge is 0.329 e. The summed E-state index contributed by atoms with van der Waals surface area (Å²) in [4.78, 5) is 40.7. The van der Waals surface area contributed by atoms with E-state index >= 15 is 0 Å². The van der Waals surface area contributed by atoms with Gasteiger partial charge in [0.05, 0.1) is 16.9 Å². The van der Waals surface area contributed by atoms with Gasteiger partial charge in [0.25, 0.3) is 11.5 Å². The number of rotatable bonds is 7. The fourth-order valence-electron chi connectivity index (χ4n) is 4.56. The molecular weight excluding hydrogens is 464 g/mol. The van der Waals surface area contributed by atoms with E-state index in [2.05, 4.69) is 10.4 Å². The summed E-state index contributed by atoms with van der Waals surface area (Å²) in [6.45, 7) is 4.25. The van der Waals surface area contributed by atoms with Crippen LogP contribution in [0.5, 0.6) is 0 Å². The molecule has 1 aromatic heterocycles. The second-order valence-corrected chi connectivity index (χ2v) is 9.16. The molecule has 2 heterocycles. The number of H-pyrrole nitrogens is 1. The quantitative estimate of drug-likeness (QED) is 0.282. The molecule has 1 aliphatic heterocycles. The first-order valence-electron chi connectivity index (χ1n) is 12.3. The molecule has 0 spiro atoms. The van der Waals surface area contributed by atoms with Crippen LogP contribution >= 0.6 is 0 Å². The molecule has 0 atom stereocenters. The summed E-state index contributed by atoms with van der Waals surface area (Å²) in [5.74, 6) is -0.434. The van der Waals surface area contributed by atoms with E-state index in [0.717, 1.165) is 34.4 Å². The zero-order valence-electron chi connectivity index (χ0n) is 20.8. The molecule has 1 saturated heterocycles. The normalized spacial score (nSPS) is 14.4. The summed E-state index contributed by atoms with van der Waals surface area (Å²) in [5.41, 5.74) is 5.38. The Morgan fingerprint density at radius 2 is 1.54 bits per heavy atom. The number of imide groups is 1. The molecule has 4 aromatic rings. The number of urea groups is 1. The summed E-state index contributed by atoms with van der Waals surface area (Å²) in [6.07, 6.45) is 2.89. The number of aryl methyl sites for hydroxylation is 2. The van der Waals surface area contributed by atoms with Gasteiger partial charge in [-0.25, -0.2) is 9.48 Å². The highest BCUT2D eigenvalue weighted by Gasteiger charge is 2.33. The van der Waals surface area contributed by atoms with Gasteiger partial charge >= 0.3 is 6.03 Å². The van der Waals surface area contributed by atoms with Crippen LogP contribution in [0.3, 0.4) is 0 Å². The van der Waals surface area contributed by atoms with E-state index in [0.29, 0.717) is 24.2 Å². The third-order valence-electron chi connectivity index (χ3n) is 6.75. The molecule has 1 aliphatic rings. The Bertz CT molecular complexity index is 1550. The van der Waals surface area contributed by atoms with Crippen LogP contribution in [0.15, 0.2) is 89.4 Å². The van der Waals surface area contributed by atoms with Crippen LogP contribution < -0.4 is 10.9 Å². The lowest BCUT2D eigenvalue weighted by Gasteiger charge is -2.11. The zero-order chi connectivity index (χ0) is 25.9. The van der Waals surface area contributed by atoms with Crippen molar-refractivity contribution in [2.75, 3.05) is 6.54 Å². The number of hydrogen-bond donors (Lipinski definition) is 2. The second-order valence-electron chi connectivity index (χ2n) is 9.16. The van der Waals surface area contributed by atoms with Crippen molar-refractivity contribution in [2.24, 2.45) is 0 Å². The van der Waals surface area contributed by atoms with Gasteiger partial charge < -0.3 is 5.32 Å².